The van der Waals surface area contributed by atoms with E-state index < -0.39 is 0 Å². The maximum Gasteiger partial charge on any atom is 0.250 e. The van der Waals surface area contributed by atoms with E-state index in [9.17, 15) is 9.59 Å². The molecule has 0 spiro atoms. The number of piperazine rings is 1. The lowest BCUT2D eigenvalue weighted by molar-refractivity contribution is -0.133. The summed E-state index contributed by atoms with van der Waals surface area (Å²) < 4.78 is 1.69. The van der Waals surface area contributed by atoms with Crippen LogP contribution < -0.4 is 5.56 Å². The maximum atomic E-state index is 12.5. The van der Waals surface area contributed by atoms with Crippen molar-refractivity contribution in [2.75, 3.05) is 37.7 Å². The van der Waals surface area contributed by atoms with Crippen LogP contribution in [0.15, 0.2) is 23.0 Å². The second-order valence-electron chi connectivity index (χ2n) is 6.67. The minimum atomic E-state index is -0.0252. The van der Waals surface area contributed by atoms with Gasteiger partial charge < -0.3 is 9.47 Å². The van der Waals surface area contributed by atoms with Gasteiger partial charge >= 0.3 is 0 Å². The Labute approximate surface area is 148 Å². The molecule has 0 aromatic carbocycles. The van der Waals surface area contributed by atoms with Crippen molar-refractivity contribution in [3.63, 3.8) is 0 Å². The largest absolute Gasteiger partial charge is 0.340 e. The summed E-state index contributed by atoms with van der Waals surface area (Å²) in [5, 5.41) is 0. The number of carbonyl (C=O) groups excluding carboxylic acids is 1. The third-order valence-electron chi connectivity index (χ3n) is 5.19. The fourth-order valence-electron chi connectivity index (χ4n) is 3.66. The molecule has 2 aliphatic heterocycles. The van der Waals surface area contributed by atoms with E-state index in [1.165, 1.54) is 24.3 Å². The van der Waals surface area contributed by atoms with E-state index in [4.69, 9.17) is 0 Å². The molecule has 0 bridgehead atoms. The first-order chi connectivity index (χ1) is 11.6. The van der Waals surface area contributed by atoms with Crippen molar-refractivity contribution < 1.29 is 4.79 Å². The number of rotatable bonds is 4. The molecule has 0 N–H and O–H groups in total. The van der Waals surface area contributed by atoms with Crippen molar-refractivity contribution in [1.29, 1.82) is 0 Å². The second-order valence-corrected chi connectivity index (χ2v) is 7.89. The molecule has 0 radical (unpaired) electrons. The SMILES string of the molecule is Cc1cccc(=O)n1CCC(=O)N1CCN(C2CCSCC2)CC1. The molecule has 0 unspecified atom stereocenters. The molecule has 2 aliphatic rings. The van der Waals surface area contributed by atoms with Gasteiger partial charge in [0.25, 0.3) is 5.56 Å². The number of nitrogens with zero attached hydrogens (tertiary/aromatic N) is 3. The Morgan fingerprint density at radius 3 is 2.54 bits per heavy atom. The number of carbonyl (C=O) groups is 1. The highest BCUT2D eigenvalue weighted by Crippen LogP contribution is 2.22. The van der Waals surface area contributed by atoms with Gasteiger partial charge in [-0.15, -0.1) is 0 Å². The summed E-state index contributed by atoms with van der Waals surface area (Å²) in [6.07, 6.45) is 2.98. The van der Waals surface area contributed by atoms with Crippen LogP contribution in [0.4, 0.5) is 0 Å². The van der Waals surface area contributed by atoms with Crippen molar-refractivity contribution in [1.82, 2.24) is 14.4 Å². The first-order valence-corrected chi connectivity index (χ1v) is 10.1. The number of hydrogen-bond acceptors (Lipinski definition) is 4. The molecule has 2 fully saturated rings. The topological polar surface area (TPSA) is 45.6 Å². The minimum Gasteiger partial charge on any atom is -0.340 e. The average molecular weight is 350 g/mol. The fourth-order valence-corrected chi connectivity index (χ4v) is 4.74. The summed E-state index contributed by atoms with van der Waals surface area (Å²) >= 11 is 2.06. The minimum absolute atomic E-state index is 0.0252. The monoisotopic (exact) mass is 349 g/mol. The Morgan fingerprint density at radius 2 is 1.88 bits per heavy atom. The van der Waals surface area contributed by atoms with Gasteiger partial charge in [0.05, 0.1) is 0 Å². The van der Waals surface area contributed by atoms with E-state index in [0.717, 1.165) is 31.9 Å². The average Bonchev–Trinajstić information content (AvgIpc) is 2.62. The highest BCUT2D eigenvalue weighted by atomic mass is 32.2. The van der Waals surface area contributed by atoms with Gasteiger partial charge in [-0.25, -0.2) is 0 Å². The molecule has 1 amide bonds. The first kappa shape index (κ1) is 17.5. The lowest BCUT2D eigenvalue weighted by Gasteiger charge is -2.40. The van der Waals surface area contributed by atoms with E-state index in [-0.39, 0.29) is 11.5 Å². The van der Waals surface area contributed by atoms with Crippen LogP contribution in [0, 0.1) is 6.92 Å². The quantitative estimate of drug-likeness (QED) is 0.828. The Hall–Kier alpha value is -1.27. The van der Waals surface area contributed by atoms with Gasteiger partial charge in [0.15, 0.2) is 0 Å². The molecule has 1 aromatic rings. The summed E-state index contributed by atoms with van der Waals surface area (Å²) in [6, 6.07) is 5.94. The Kier molecular flexibility index (Phi) is 6.00. The number of thioether (sulfide) groups is 1. The molecule has 0 atom stereocenters. The molecule has 132 valence electrons. The van der Waals surface area contributed by atoms with Gasteiger partial charge in [0.1, 0.15) is 0 Å². The molecule has 5 nitrogen and oxygen atoms in total. The van der Waals surface area contributed by atoms with Crippen LogP contribution in [-0.2, 0) is 11.3 Å². The zero-order valence-corrected chi connectivity index (χ0v) is 15.3. The van der Waals surface area contributed by atoms with Crippen molar-refractivity contribution in [2.45, 2.75) is 38.8 Å². The van der Waals surface area contributed by atoms with E-state index in [0.29, 0.717) is 19.0 Å². The Balaban J connectivity index is 1.47. The molecule has 3 heterocycles. The maximum absolute atomic E-state index is 12.5. The zero-order chi connectivity index (χ0) is 16.9. The normalized spacial score (nSPS) is 20.3. The number of amides is 1. The number of aryl methyl sites for hydroxylation is 1. The highest BCUT2D eigenvalue weighted by molar-refractivity contribution is 7.99. The lowest BCUT2D eigenvalue weighted by Crippen LogP contribution is -2.52. The van der Waals surface area contributed by atoms with Crippen LogP contribution in [0.2, 0.25) is 0 Å². The molecule has 1 aromatic heterocycles. The fraction of sp³-hybridized carbons (Fsp3) is 0.667. The van der Waals surface area contributed by atoms with Gasteiger partial charge in [0.2, 0.25) is 5.91 Å². The summed E-state index contributed by atoms with van der Waals surface area (Å²) in [6.45, 7) is 6.02. The first-order valence-electron chi connectivity index (χ1n) is 8.91. The van der Waals surface area contributed by atoms with E-state index in [2.05, 4.69) is 16.7 Å². The molecule has 3 rings (SSSR count). The van der Waals surface area contributed by atoms with Gasteiger partial charge in [-0.2, -0.15) is 11.8 Å². The molecule has 2 saturated heterocycles. The second kappa shape index (κ2) is 8.21. The Morgan fingerprint density at radius 1 is 1.17 bits per heavy atom. The summed E-state index contributed by atoms with van der Waals surface area (Å²) in [4.78, 5) is 28.9. The van der Waals surface area contributed by atoms with Crippen molar-refractivity contribution >= 4 is 17.7 Å². The van der Waals surface area contributed by atoms with Gasteiger partial charge in [-0.3, -0.25) is 14.5 Å². The molecule has 6 heteroatoms. The predicted octanol–water partition coefficient (Wildman–Crippen LogP) is 1.59. The van der Waals surface area contributed by atoms with Crippen molar-refractivity contribution in [2.24, 2.45) is 0 Å². The van der Waals surface area contributed by atoms with Crippen LogP contribution >= 0.6 is 11.8 Å². The summed E-state index contributed by atoms with van der Waals surface area (Å²) in [5.74, 6) is 2.72. The smallest absolute Gasteiger partial charge is 0.250 e. The van der Waals surface area contributed by atoms with E-state index in [1.807, 2.05) is 17.9 Å². The zero-order valence-electron chi connectivity index (χ0n) is 14.4. The van der Waals surface area contributed by atoms with Crippen LogP contribution in [-0.4, -0.2) is 64.0 Å². The number of pyridine rings is 1. The van der Waals surface area contributed by atoms with E-state index >= 15 is 0 Å². The van der Waals surface area contributed by atoms with E-state index in [1.54, 1.807) is 16.7 Å². The number of aromatic nitrogens is 1. The standard InChI is InChI=1S/C18H27N3O2S/c1-15-3-2-4-18(23)21(15)8-5-17(22)20-11-9-19(10-12-20)16-6-13-24-14-7-16/h2-4,16H,5-14H2,1H3. The molecular formula is C18H27N3O2S. The van der Waals surface area contributed by atoms with Gasteiger partial charge in [0, 0.05) is 56.9 Å². The molecular weight excluding hydrogens is 322 g/mol. The molecule has 0 aliphatic carbocycles. The highest BCUT2D eigenvalue weighted by Gasteiger charge is 2.26. The van der Waals surface area contributed by atoms with Crippen LogP contribution in [0.3, 0.4) is 0 Å². The van der Waals surface area contributed by atoms with Gasteiger partial charge in [-0.1, -0.05) is 6.07 Å². The van der Waals surface area contributed by atoms with Crippen molar-refractivity contribution in [3.8, 4) is 0 Å². The number of hydrogen-bond donors (Lipinski definition) is 0. The lowest BCUT2D eigenvalue weighted by atomic mass is 10.1. The van der Waals surface area contributed by atoms with Crippen LogP contribution in [0.5, 0.6) is 0 Å². The summed E-state index contributed by atoms with van der Waals surface area (Å²) in [7, 11) is 0. The molecule has 24 heavy (non-hydrogen) atoms. The Bertz CT molecular complexity index is 617. The predicted molar refractivity (Wildman–Crippen MR) is 98.6 cm³/mol. The summed E-state index contributed by atoms with van der Waals surface area (Å²) in [5.41, 5.74) is 0.887. The van der Waals surface area contributed by atoms with Gasteiger partial charge in [-0.05, 0) is 37.3 Å². The third kappa shape index (κ3) is 4.22. The molecule has 0 saturated carbocycles. The van der Waals surface area contributed by atoms with Crippen LogP contribution in [0.1, 0.15) is 25.0 Å². The van der Waals surface area contributed by atoms with Crippen LogP contribution in [0.25, 0.3) is 0 Å². The third-order valence-corrected chi connectivity index (χ3v) is 6.24. The van der Waals surface area contributed by atoms with Crippen molar-refractivity contribution in [3.05, 3.63) is 34.2 Å².